The normalized spacial score (nSPS) is 21.2. The van der Waals surface area contributed by atoms with Gasteiger partial charge in [-0.15, -0.1) is 0 Å². The number of nitrogens with zero attached hydrogens (tertiary/aromatic N) is 2. The van der Waals surface area contributed by atoms with Gasteiger partial charge in [0.15, 0.2) is 0 Å². The van der Waals surface area contributed by atoms with E-state index < -0.39 is 0 Å². The number of hydrogen-bond acceptors (Lipinski definition) is 3. The molecule has 1 aliphatic heterocycles. The van der Waals surface area contributed by atoms with E-state index in [4.69, 9.17) is 4.74 Å². The van der Waals surface area contributed by atoms with Crippen molar-refractivity contribution in [2.75, 3.05) is 47.4 Å². The lowest BCUT2D eigenvalue weighted by Crippen LogP contribution is -2.42. The molecule has 3 heteroatoms. The number of piperidine rings is 1. The van der Waals surface area contributed by atoms with Crippen molar-refractivity contribution in [3.05, 3.63) is 0 Å². The van der Waals surface area contributed by atoms with Crippen LogP contribution in [0.3, 0.4) is 0 Å². The summed E-state index contributed by atoms with van der Waals surface area (Å²) in [7, 11) is 6.12. The molecule has 0 unspecified atom stereocenters. The average molecular weight is 186 g/mol. The molecule has 0 N–H and O–H groups in total. The Labute approximate surface area is 81.7 Å². The highest BCUT2D eigenvalue weighted by atomic mass is 16.5. The molecule has 1 heterocycles. The van der Waals surface area contributed by atoms with Gasteiger partial charge in [0.25, 0.3) is 0 Å². The van der Waals surface area contributed by atoms with Crippen molar-refractivity contribution in [2.45, 2.75) is 18.9 Å². The highest BCUT2D eigenvalue weighted by molar-refractivity contribution is 4.76. The Hall–Kier alpha value is -0.120. The Bertz CT molecular complexity index is 131. The smallest absolute Gasteiger partial charge is 0.0589 e. The summed E-state index contributed by atoms with van der Waals surface area (Å²) in [6.07, 6.45) is 2.60. The van der Waals surface area contributed by atoms with Crippen LogP contribution in [0.4, 0.5) is 0 Å². The lowest BCUT2D eigenvalue weighted by atomic mass is 10.0. The summed E-state index contributed by atoms with van der Waals surface area (Å²) in [5, 5.41) is 0. The van der Waals surface area contributed by atoms with Crippen LogP contribution in [0.25, 0.3) is 0 Å². The Kier molecular flexibility index (Phi) is 4.70. The first-order valence-electron chi connectivity index (χ1n) is 5.11. The number of likely N-dealkylation sites (tertiary alicyclic amines) is 1. The maximum absolute atomic E-state index is 5.07. The average Bonchev–Trinajstić information content (AvgIpc) is 2.15. The van der Waals surface area contributed by atoms with Gasteiger partial charge >= 0.3 is 0 Å². The summed E-state index contributed by atoms with van der Waals surface area (Å²) < 4.78 is 5.07. The van der Waals surface area contributed by atoms with Gasteiger partial charge < -0.3 is 14.5 Å². The van der Waals surface area contributed by atoms with Crippen LogP contribution in [0.2, 0.25) is 0 Å². The summed E-state index contributed by atoms with van der Waals surface area (Å²) in [5.41, 5.74) is 0. The molecule has 0 radical (unpaired) electrons. The molecule has 0 aromatic heterocycles. The summed E-state index contributed by atoms with van der Waals surface area (Å²) in [5.74, 6) is 0. The van der Waals surface area contributed by atoms with E-state index in [2.05, 4.69) is 23.9 Å². The Morgan fingerprint density at radius 3 is 2.38 bits per heavy atom. The Balaban J connectivity index is 2.15. The lowest BCUT2D eigenvalue weighted by molar-refractivity contribution is 0.106. The third-order valence-corrected chi connectivity index (χ3v) is 2.90. The molecule has 1 fully saturated rings. The fourth-order valence-corrected chi connectivity index (χ4v) is 1.88. The molecule has 0 spiro atoms. The monoisotopic (exact) mass is 186 g/mol. The van der Waals surface area contributed by atoms with Gasteiger partial charge in [-0.2, -0.15) is 0 Å². The van der Waals surface area contributed by atoms with E-state index in [1.54, 1.807) is 7.11 Å². The molecule has 78 valence electrons. The molecular weight excluding hydrogens is 164 g/mol. The molecule has 3 nitrogen and oxygen atoms in total. The molecule has 0 bridgehead atoms. The standard InChI is InChI=1S/C10H22N2O/c1-11(2)10-4-6-12(7-5-10)8-9-13-3/h10H,4-9H2,1-3H3. The minimum Gasteiger partial charge on any atom is -0.383 e. The summed E-state index contributed by atoms with van der Waals surface area (Å²) >= 11 is 0. The fourth-order valence-electron chi connectivity index (χ4n) is 1.88. The molecule has 0 aliphatic carbocycles. The number of methoxy groups -OCH3 is 1. The van der Waals surface area contributed by atoms with E-state index in [9.17, 15) is 0 Å². The predicted molar refractivity (Wildman–Crippen MR) is 55.0 cm³/mol. The summed E-state index contributed by atoms with van der Waals surface area (Å²) in [6, 6.07) is 0.791. The largest absolute Gasteiger partial charge is 0.383 e. The molecule has 0 atom stereocenters. The maximum atomic E-state index is 5.07. The van der Waals surface area contributed by atoms with Crippen LogP contribution in [0.15, 0.2) is 0 Å². The first-order valence-corrected chi connectivity index (χ1v) is 5.11. The number of rotatable bonds is 4. The van der Waals surface area contributed by atoms with Gasteiger partial charge in [0.1, 0.15) is 0 Å². The molecule has 0 saturated carbocycles. The Morgan fingerprint density at radius 1 is 1.31 bits per heavy atom. The van der Waals surface area contributed by atoms with Crippen molar-refractivity contribution in [1.82, 2.24) is 9.80 Å². The molecule has 1 rings (SSSR count). The second kappa shape index (κ2) is 5.58. The second-order valence-corrected chi connectivity index (χ2v) is 4.03. The van der Waals surface area contributed by atoms with Crippen molar-refractivity contribution in [2.24, 2.45) is 0 Å². The van der Waals surface area contributed by atoms with E-state index in [0.717, 1.165) is 19.2 Å². The SMILES string of the molecule is COCCN1CCC(N(C)C)CC1. The molecule has 0 aromatic rings. The van der Waals surface area contributed by atoms with Crippen LogP contribution in [0, 0.1) is 0 Å². The van der Waals surface area contributed by atoms with Gasteiger partial charge in [0, 0.05) is 19.7 Å². The van der Waals surface area contributed by atoms with Crippen molar-refractivity contribution in [3.63, 3.8) is 0 Å². The van der Waals surface area contributed by atoms with Crippen molar-refractivity contribution >= 4 is 0 Å². The molecule has 1 saturated heterocycles. The Morgan fingerprint density at radius 2 is 1.92 bits per heavy atom. The first kappa shape index (κ1) is 11.0. The lowest BCUT2D eigenvalue weighted by Gasteiger charge is -2.34. The molecule has 13 heavy (non-hydrogen) atoms. The maximum Gasteiger partial charge on any atom is 0.0589 e. The highest BCUT2D eigenvalue weighted by Gasteiger charge is 2.19. The van der Waals surface area contributed by atoms with Crippen LogP contribution in [-0.4, -0.2) is 63.3 Å². The zero-order valence-electron chi connectivity index (χ0n) is 9.12. The van der Waals surface area contributed by atoms with Crippen molar-refractivity contribution in [3.8, 4) is 0 Å². The van der Waals surface area contributed by atoms with E-state index in [1.165, 1.54) is 25.9 Å². The minimum atomic E-state index is 0.791. The van der Waals surface area contributed by atoms with Crippen molar-refractivity contribution < 1.29 is 4.74 Å². The third-order valence-electron chi connectivity index (χ3n) is 2.90. The zero-order valence-corrected chi connectivity index (χ0v) is 9.12. The van der Waals surface area contributed by atoms with E-state index in [0.29, 0.717) is 0 Å². The van der Waals surface area contributed by atoms with Gasteiger partial charge in [0.2, 0.25) is 0 Å². The zero-order chi connectivity index (χ0) is 9.68. The van der Waals surface area contributed by atoms with Gasteiger partial charge in [-0.25, -0.2) is 0 Å². The van der Waals surface area contributed by atoms with E-state index in [-0.39, 0.29) is 0 Å². The van der Waals surface area contributed by atoms with E-state index in [1.807, 2.05) is 0 Å². The number of hydrogen-bond donors (Lipinski definition) is 0. The first-order chi connectivity index (χ1) is 6.24. The van der Waals surface area contributed by atoms with Crippen LogP contribution in [-0.2, 0) is 4.74 Å². The summed E-state index contributed by atoms with van der Waals surface area (Å²) in [4.78, 5) is 4.83. The molecular formula is C10H22N2O. The molecule has 0 amide bonds. The predicted octanol–water partition coefficient (Wildman–Crippen LogP) is 0.659. The van der Waals surface area contributed by atoms with Gasteiger partial charge in [-0.1, -0.05) is 0 Å². The summed E-state index contributed by atoms with van der Waals surface area (Å²) in [6.45, 7) is 4.42. The highest BCUT2D eigenvalue weighted by Crippen LogP contribution is 2.13. The van der Waals surface area contributed by atoms with Crippen LogP contribution in [0.5, 0.6) is 0 Å². The molecule has 1 aliphatic rings. The van der Waals surface area contributed by atoms with Gasteiger partial charge in [-0.3, -0.25) is 0 Å². The fraction of sp³-hybridized carbons (Fsp3) is 1.00. The third kappa shape index (κ3) is 3.63. The quantitative estimate of drug-likeness (QED) is 0.641. The number of ether oxygens (including phenoxy) is 1. The van der Waals surface area contributed by atoms with Crippen LogP contribution in [0.1, 0.15) is 12.8 Å². The van der Waals surface area contributed by atoms with Crippen LogP contribution < -0.4 is 0 Å². The molecule has 0 aromatic carbocycles. The van der Waals surface area contributed by atoms with Crippen LogP contribution >= 0.6 is 0 Å². The second-order valence-electron chi connectivity index (χ2n) is 4.03. The minimum absolute atomic E-state index is 0.791. The van der Waals surface area contributed by atoms with E-state index >= 15 is 0 Å². The van der Waals surface area contributed by atoms with Gasteiger partial charge in [-0.05, 0) is 40.0 Å². The van der Waals surface area contributed by atoms with Gasteiger partial charge in [0.05, 0.1) is 6.61 Å². The topological polar surface area (TPSA) is 15.7 Å². The van der Waals surface area contributed by atoms with Crippen molar-refractivity contribution in [1.29, 1.82) is 0 Å².